The molecule has 0 amide bonds. The number of rotatable bonds is 3. The van der Waals surface area contributed by atoms with Gasteiger partial charge < -0.3 is 4.74 Å². The van der Waals surface area contributed by atoms with Crippen LogP contribution in [0, 0.1) is 17.0 Å². The van der Waals surface area contributed by atoms with Crippen molar-refractivity contribution < 1.29 is 9.66 Å². The van der Waals surface area contributed by atoms with Crippen LogP contribution >= 0.6 is 11.8 Å². The largest absolute Gasteiger partial charge is 0.377 e. The molecular weight excluding hydrogens is 240 g/mol. The highest BCUT2D eigenvalue weighted by atomic mass is 32.2. The molecular formula is C11H14N2O3S. The normalized spacial score (nSPS) is 23.9. The molecule has 0 aromatic carbocycles. The fourth-order valence-corrected chi connectivity index (χ4v) is 2.91. The van der Waals surface area contributed by atoms with E-state index in [-0.39, 0.29) is 22.0 Å². The Morgan fingerprint density at radius 1 is 1.65 bits per heavy atom. The standard InChI is InChI=1S/C11H14N2O3S/c1-7-5-9(13(14)15)11(12-6-7)17-10-3-4-16-8(10)2/h5-6,8,10H,3-4H2,1-2H3/t8-,10-/m0/s1. The molecule has 0 N–H and O–H groups in total. The first kappa shape index (κ1) is 12.3. The summed E-state index contributed by atoms with van der Waals surface area (Å²) in [7, 11) is 0. The fraction of sp³-hybridized carbons (Fsp3) is 0.545. The van der Waals surface area contributed by atoms with Gasteiger partial charge in [-0.2, -0.15) is 0 Å². The van der Waals surface area contributed by atoms with Crippen LogP contribution in [0.2, 0.25) is 0 Å². The molecule has 0 radical (unpaired) electrons. The SMILES string of the molecule is Cc1cnc(S[C@H]2CCO[C@H]2C)c([N+](=O)[O-])c1. The van der Waals surface area contributed by atoms with Gasteiger partial charge in [-0.25, -0.2) is 4.98 Å². The number of pyridine rings is 1. The first-order valence-corrected chi connectivity index (χ1v) is 6.35. The molecule has 2 atom stereocenters. The Morgan fingerprint density at radius 3 is 3.00 bits per heavy atom. The Kier molecular flexibility index (Phi) is 3.63. The van der Waals surface area contributed by atoms with Gasteiger partial charge in [-0.05, 0) is 25.8 Å². The molecule has 0 spiro atoms. The van der Waals surface area contributed by atoms with Crippen LogP contribution in [0.3, 0.4) is 0 Å². The Labute approximate surface area is 104 Å². The molecule has 1 aromatic heterocycles. The summed E-state index contributed by atoms with van der Waals surface area (Å²) in [6, 6.07) is 1.57. The molecule has 1 aliphatic heterocycles. The van der Waals surface area contributed by atoms with Crippen molar-refractivity contribution in [3.63, 3.8) is 0 Å². The van der Waals surface area contributed by atoms with E-state index in [0.717, 1.165) is 18.6 Å². The fourth-order valence-electron chi connectivity index (χ4n) is 1.77. The van der Waals surface area contributed by atoms with Crippen LogP contribution < -0.4 is 0 Å². The molecule has 0 unspecified atom stereocenters. The summed E-state index contributed by atoms with van der Waals surface area (Å²) in [5.41, 5.74) is 0.894. The zero-order valence-electron chi connectivity index (χ0n) is 9.75. The summed E-state index contributed by atoms with van der Waals surface area (Å²) in [6.07, 6.45) is 2.71. The Bertz CT molecular complexity index is 439. The molecule has 5 nitrogen and oxygen atoms in total. The minimum Gasteiger partial charge on any atom is -0.377 e. The second-order valence-electron chi connectivity index (χ2n) is 4.11. The molecule has 0 bridgehead atoms. The lowest BCUT2D eigenvalue weighted by molar-refractivity contribution is -0.388. The minimum absolute atomic E-state index is 0.0918. The van der Waals surface area contributed by atoms with Gasteiger partial charge in [0.2, 0.25) is 0 Å². The molecule has 0 aliphatic carbocycles. The van der Waals surface area contributed by atoms with Crippen molar-refractivity contribution in [2.45, 2.75) is 36.6 Å². The molecule has 1 aromatic rings. The van der Waals surface area contributed by atoms with E-state index < -0.39 is 0 Å². The Hall–Kier alpha value is -1.14. The van der Waals surface area contributed by atoms with Gasteiger partial charge >= 0.3 is 5.69 Å². The average Bonchev–Trinajstić information content (AvgIpc) is 2.67. The van der Waals surface area contributed by atoms with Gasteiger partial charge in [0.25, 0.3) is 0 Å². The average molecular weight is 254 g/mol. The first-order chi connectivity index (χ1) is 8.08. The van der Waals surface area contributed by atoms with Crippen molar-refractivity contribution in [3.8, 4) is 0 Å². The number of ether oxygens (including phenoxy) is 1. The van der Waals surface area contributed by atoms with E-state index in [0.29, 0.717) is 5.03 Å². The van der Waals surface area contributed by atoms with Gasteiger partial charge in [-0.15, -0.1) is 0 Å². The van der Waals surface area contributed by atoms with Gasteiger partial charge in [-0.1, -0.05) is 11.8 Å². The van der Waals surface area contributed by atoms with Crippen LogP contribution in [0.4, 0.5) is 5.69 Å². The molecule has 2 heterocycles. The maximum Gasteiger partial charge on any atom is 0.301 e. The van der Waals surface area contributed by atoms with Crippen LogP contribution in [0.5, 0.6) is 0 Å². The quantitative estimate of drug-likeness (QED) is 0.612. The van der Waals surface area contributed by atoms with E-state index in [4.69, 9.17) is 4.74 Å². The number of aromatic nitrogens is 1. The van der Waals surface area contributed by atoms with Gasteiger partial charge in [-0.3, -0.25) is 10.1 Å². The summed E-state index contributed by atoms with van der Waals surface area (Å²) in [5.74, 6) is 0. The monoisotopic (exact) mass is 254 g/mol. The number of nitro groups is 1. The number of thioether (sulfide) groups is 1. The second kappa shape index (κ2) is 5.01. The lowest BCUT2D eigenvalue weighted by Gasteiger charge is -2.12. The molecule has 92 valence electrons. The highest BCUT2D eigenvalue weighted by Gasteiger charge is 2.28. The van der Waals surface area contributed by atoms with Crippen molar-refractivity contribution >= 4 is 17.4 Å². The minimum atomic E-state index is -0.372. The van der Waals surface area contributed by atoms with Gasteiger partial charge in [0.15, 0.2) is 5.03 Å². The van der Waals surface area contributed by atoms with E-state index in [1.807, 2.05) is 6.92 Å². The maximum absolute atomic E-state index is 11.0. The van der Waals surface area contributed by atoms with Crippen molar-refractivity contribution in [3.05, 3.63) is 27.9 Å². The summed E-state index contributed by atoms with van der Waals surface area (Å²) in [4.78, 5) is 14.7. The number of nitrogens with zero attached hydrogens (tertiary/aromatic N) is 2. The van der Waals surface area contributed by atoms with Gasteiger partial charge in [0, 0.05) is 24.1 Å². The predicted molar refractivity (Wildman–Crippen MR) is 65.3 cm³/mol. The van der Waals surface area contributed by atoms with Gasteiger partial charge in [0.05, 0.1) is 11.0 Å². The third-order valence-electron chi connectivity index (χ3n) is 2.74. The highest BCUT2D eigenvalue weighted by molar-refractivity contribution is 8.00. The van der Waals surface area contributed by atoms with E-state index in [1.165, 1.54) is 11.8 Å². The molecule has 0 saturated carbocycles. The van der Waals surface area contributed by atoms with Gasteiger partial charge in [0.1, 0.15) is 0 Å². The molecule has 6 heteroatoms. The first-order valence-electron chi connectivity index (χ1n) is 5.47. The number of hydrogen-bond donors (Lipinski definition) is 0. The Balaban J connectivity index is 2.22. The Morgan fingerprint density at radius 2 is 2.41 bits per heavy atom. The van der Waals surface area contributed by atoms with Crippen LogP contribution in [0.15, 0.2) is 17.3 Å². The second-order valence-corrected chi connectivity index (χ2v) is 5.34. The zero-order valence-corrected chi connectivity index (χ0v) is 10.6. The van der Waals surface area contributed by atoms with Crippen LogP contribution in [-0.2, 0) is 4.74 Å². The van der Waals surface area contributed by atoms with Crippen molar-refractivity contribution in [1.29, 1.82) is 0 Å². The molecule has 1 aliphatic rings. The predicted octanol–water partition coefficient (Wildman–Crippen LogP) is 2.57. The summed E-state index contributed by atoms with van der Waals surface area (Å²) < 4.78 is 5.44. The zero-order chi connectivity index (χ0) is 12.4. The summed E-state index contributed by atoms with van der Waals surface area (Å²) in [6.45, 7) is 4.51. The van der Waals surface area contributed by atoms with E-state index in [2.05, 4.69) is 4.98 Å². The molecule has 1 saturated heterocycles. The summed E-state index contributed by atoms with van der Waals surface area (Å²) in [5, 5.41) is 11.7. The molecule has 17 heavy (non-hydrogen) atoms. The number of aryl methyl sites for hydroxylation is 1. The van der Waals surface area contributed by atoms with E-state index >= 15 is 0 Å². The van der Waals surface area contributed by atoms with Crippen molar-refractivity contribution in [2.24, 2.45) is 0 Å². The maximum atomic E-state index is 11.0. The number of hydrogen-bond acceptors (Lipinski definition) is 5. The smallest absolute Gasteiger partial charge is 0.301 e. The lowest BCUT2D eigenvalue weighted by atomic mass is 10.3. The van der Waals surface area contributed by atoms with Crippen LogP contribution in [-0.4, -0.2) is 27.9 Å². The molecule has 2 rings (SSSR count). The highest BCUT2D eigenvalue weighted by Crippen LogP contribution is 2.36. The van der Waals surface area contributed by atoms with Crippen molar-refractivity contribution in [1.82, 2.24) is 4.98 Å². The van der Waals surface area contributed by atoms with Crippen LogP contribution in [0.25, 0.3) is 0 Å². The van der Waals surface area contributed by atoms with Crippen LogP contribution in [0.1, 0.15) is 18.9 Å². The topological polar surface area (TPSA) is 65.3 Å². The van der Waals surface area contributed by atoms with E-state index in [1.54, 1.807) is 19.2 Å². The van der Waals surface area contributed by atoms with Crippen molar-refractivity contribution in [2.75, 3.05) is 6.61 Å². The third-order valence-corrected chi connectivity index (χ3v) is 4.19. The summed E-state index contributed by atoms with van der Waals surface area (Å²) >= 11 is 1.45. The lowest BCUT2D eigenvalue weighted by Crippen LogP contribution is -2.13. The van der Waals surface area contributed by atoms with E-state index in [9.17, 15) is 10.1 Å². The molecule has 1 fully saturated rings. The third kappa shape index (κ3) is 2.76.